The lowest BCUT2D eigenvalue weighted by Crippen LogP contribution is -2.57. The molecule has 8 atom stereocenters. The highest BCUT2D eigenvalue weighted by molar-refractivity contribution is 7.99. The number of aliphatic hydroxyl groups excluding tert-OH is 4. The zero-order chi connectivity index (χ0) is 47.8. The third-order valence-corrected chi connectivity index (χ3v) is 15.4. The summed E-state index contributed by atoms with van der Waals surface area (Å²) in [7, 11) is 1.37. The summed E-state index contributed by atoms with van der Waals surface area (Å²) in [6, 6.07) is 5.99. The lowest BCUT2D eigenvalue weighted by Gasteiger charge is -2.39. The van der Waals surface area contributed by atoms with Crippen LogP contribution in [0.15, 0.2) is 18.2 Å². The van der Waals surface area contributed by atoms with Crippen molar-refractivity contribution in [2.45, 2.75) is 115 Å². The number of rotatable bonds is 15. The number of ether oxygens (including phenoxy) is 4. The number of hydrogen-bond donors (Lipinski definition) is 6. The van der Waals surface area contributed by atoms with E-state index in [0.717, 1.165) is 39.4 Å². The van der Waals surface area contributed by atoms with Crippen molar-refractivity contribution in [3.8, 4) is 0 Å². The summed E-state index contributed by atoms with van der Waals surface area (Å²) >= 11 is 1.29. The molecule has 0 radical (unpaired) electrons. The number of carbonyl (C=O) groups excluding carboxylic acids is 3. The third kappa shape index (κ3) is 9.49. The van der Waals surface area contributed by atoms with Gasteiger partial charge in [-0.2, -0.15) is 0 Å². The number of aliphatic hydroxyl groups is 4. The molecule has 8 heterocycles. The first-order valence-electron chi connectivity index (χ1n) is 23.4. The molecule has 0 aromatic carbocycles. The lowest BCUT2D eigenvalue weighted by atomic mass is 9.84. The van der Waals surface area contributed by atoms with E-state index in [9.17, 15) is 30.0 Å². The number of carbonyl (C=O) groups is 3. The Bertz CT molecular complexity index is 2530. The number of aromatic amines is 2. The average molecular weight is 945 g/mol. The molecule has 2 aromatic rings. The van der Waals surface area contributed by atoms with Gasteiger partial charge in [-0.1, -0.05) is 13.8 Å². The fraction of sp³-hybridized carbons (Fsp3) is 0.571. The summed E-state index contributed by atoms with van der Waals surface area (Å²) < 4.78 is 22.8. The van der Waals surface area contributed by atoms with Crippen LogP contribution in [0.3, 0.4) is 0 Å². The number of aryl methyl sites for hydroxylation is 1. The molecule has 1 unspecified atom stereocenters. The van der Waals surface area contributed by atoms with E-state index in [-0.39, 0.29) is 36.7 Å². The average Bonchev–Trinajstić information content (AvgIpc) is 4.01. The van der Waals surface area contributed by atoms with Crippen LogP contribution in [-0.2, 0) is 23.7 Å². The summed E-state index contributed by atoms with van der Waals surface area (Å²) in [6.45, 7) is 15.3. The fourth-order valence-corrected chi connectivity index (χ4v) is 11.2. The van der Waals surface area contributed by atoms with Gasteiger partial charge in [-0.25, -0.2) is 9.97 Å². The second kappa shape index (κ2) is 20.6. The van der Waals surface area contributed by atoms with Gasteiger partial charge >= 0.3 is 5.97 Å². The number of nitrogens with one attached hydrogen (secondary N) is 2. The first-order valence-corrected chi connectivity index (χ1v) is 24.5. The lowest BCUT2D eigenvalue weighted by molar-refractivity contribution is -0.205. The Morgan fingerprint density at radius 3 is 2.37 bits per heavy atom. The molecule has 0 aliphatic carbocycles. The van der Waals surface area contributed by atoms with Gasteiger partial charge in [-0.3, -0.25) is 24.2 Å². The molecule has 18 heteroatoms. The quantitative estimate of drug-likeness (QED) is 0.0807. The Balaban J connectivity index is 1.22. The van der Waals surface area contributed by atoms with Gasteiger partial charge in [0.15, 0.2) is 0 Å². The number of methoxy groups -OCH3 is 1. The van der Waals surface area contributed by atoms with E-state index < -0.39 is 48.5 Å². The van der Waals surface area contributed by atoms with Crippen molar-refractivity contribution in [1.82, 2.24) is 29.7 Å². The van der Waals surface area contributed by atoms with Crippen LogP contribution in [0.2, 0.25) is 0 Å². The van der Waals surface area contributed by atoms with E-state index in [2.05, 4.69) is 35.6 Å². The maximum Gasteiger partial charge on any atom is 0.305 e. The highest BCUT2D eigenvalue weighted by Gasteiger charge is 2.44. The number of morpholine rings is 1. The van der Waals surface area contributed by atoms with Gasteiger partial charge in [-0.05, 0) is 93.2 Å². The number of amides is 2. The Labute approximate surface area is 394 Å². The first kappa shape index (κ1) is 48.9. The van der Waals surface area contributed by atoms with Gasteiger partial charge in [0.05, 0.1) is 72.5 Å². The molecule has 8 bridgehead atoms. The zero-order valence-electron chi connectivity index (χ0n) is 39.4. The number of imide groups is 1. The topological polar surface area (TPSA) is 233 Å². The Morgan fingerprint density at radius 2 is 1.66 bits per heavy atom. The molecule has 6 aliphatic rings. The predicted octanol–water partition coefficient (Wildman–Crippen LogP) is 4.71. The molecule has 2 saturated heterocycles. The maximum atomic E-state index is 15.0. The Morgan fingerprint density at radius 1 is 0.940 bits per heavy atom. The molecule has 17 nitrogen and oxygen atoms in total. The third-order valence-electron chi connectivity index (χ3n) is 14.2. The molecular formula is C49H64N6O11S. The van der Waals surface area contributed by atoms with Gasteiger partial charge in [0.25, 0.3) is 11.8 Å². The largest absolute Gasteiger partial charge is 0.469 e. The molecule has 67 heavy (non-hydrogen) atoms. The zero-order valence-corrected chi connectivity index (χ0v) is 40.2. The second-order valence-corrected chi connectivity index (χ2v) is 19.3. The van der Waals surface area contributed by atoms with Crippen LogP contribution in [0.25, 0.3) is 33.3 Å². The summed E-state index contributed by atoms with van der Waals surface area (Å²) in [5.74, 6) is -1.12. The number of nitrogens with zero attached hydrogens (tertiary/aromatic N) is 4. The van der Waals surface area contributed by atoms with Crippen molar-refractivity contribution < 1.29 is 53.8 Å². The molecule has 6 N–H and O–H groups in total. The molecule has 362 valence electrons. The predicted molar refractivity (Wildman–Crippen MR) is 254 cm³/mol. The van der Waals surface area contributed by atoms with Crippen molar-refractivity contribution >= 4 is 62.9 Å². The van der Waals surface area contributed by atoms with Crippen molar-refractivity contribution in [2.75, 3.05) is 65.5 Å². The number of thioether (sulfide) groups is 1. The van der Waals surface area contributed by atoms with E-state index in [1.165, 1.54) is 23.8 Å². The van der Waals surface area contributed by atoms with Crippen LogP contribution in [0.4, 0.5) is 0 Å². The fourth-order valence-electron chi connectivity index (χ4n) is 10.1. The molecule has 2 amide bonds. The molecule has 2 aromatic heterocycles. The number of fused-ring (bicyclic) bond motifs is 8. The second-order valence-electron chi connectivity index (χ2n) is 18.1. The van der Waals surface area contributed by atoms with E-state index in [4.69, 9.17) is 28.9 Å². The van der Waals surface area contributed by atoms with Gasteiger partial charge in [0.1, 0.15) is 29.9 Å². The minimum Gasteiger partial charge on any atom is -0.469 e. The molecule has 2 fully saturated rings. The number of hydrogen-bond acceptors (Lipinski definition) is 15. The van der Waals surface area contributed by atoms with E-state index in [1.54, 1.807) is 0 Å². The molecule has 6 aliphatic heterocycles. The maximum absolute atomic E-state index is 15.0. The summed E-state index contributed by atoms with van der Waals surface area (Å²) in [4.78, 5) is 63.6. The van der Waals surface area contributed by atoms with Gasteiger partial charge in [0, 0.05) is 73.5 Å². The van der Waals surface area contributed by atoms with Crippen LogP contribution < -0.4 is 0 Å². The highest BCUT2D eigenvalue weighted by Crippen LogP contribution is 2.45. The van der Waals surface area contributed by atoms with Gasteiger partial charge in [-0.15, -0.1) is 11.8 Å². The van der Waals surface area contributed by atoms with Crippen molar-refractivity contribution in [3.05, 3.63) is 69.1 Å². The van der Waals surface area contributed by atoms with Crippen LogP contribution >= 0.6 is 11.8 Å². The number of aromatic nitrogens is 4. The summed E-state index contributed by atoms with van der Waals surface area (Å²) in [6.07, 6.45) is -3.75. The number of esters is 1. The summed E-state index contributed by atoms with van der Waals surface area (Å²) in [5.41, 5.74) is 10.0. The van der Waals surface area contributed by atoms with E-state index in [1.807, 2.05) is 39.0 Å². The van der Waals surface area contributed by atoms with Gasteiger partial charge < -0.3 is 49.3 Å². The first-order chi connectivity index (χ1) is 32.2. The van der Waals surface area contributed by atoms with Crippen molar-refractivity contribution in [1.29, 1.82) is 0 Å². The molecular weight excluding hydrogens is 881 g/mol. The number of allylic oxidation sites excluding steroid dienone is 3. The van der Waals surface area contributed by atoms with Crippen LogP contribution in [-0.4, -0.2) is 169 Å². The highest BCUT2D eigenvalue weighted by atomic mass is 32.2. The van der Waals surface area contributed by atoms with E-state index >= 15 is 4.79 Å². The minimum absolute atomic E-state index is 0.122. The molecule has 8 rings (SSSR count). The molecule has 0 saturated carbocycles. The normalized spacial score (nSPS) is 25.5. The van der Waals surface area contributed by atoms with E-state index in [0.29, 0.717) is 109 Å². The SMILES string of the molecule is CCC1=C(C)c2cc3nc(cc4[nH]c(c5c6[nH]c(cc1n2)c(C)c6C(=O)N(CCN1CCOCC1)C5=O)[C@@H](CCC(=O)OC)[C@@H]4C)C(C)=C3C(C)OCCCS[C@@H]1O[C@H](CO)[C@@H](O)[C@H](O)[C@H]1O. The summed E-state index contributed by atoms with van der Waals surface area (Å²) in [5, 5.41) is 40.6. The Kier molecular flexibility index (Phi) is 15.1. The number of H-pyrrole nitrogens is 2. The smallest absolute Gasteiger partial charge is 0.305 e. The minimum atomic E-state index is -1.43. The Hall–Kier alpha value is -4.50. The van der Waals surface area contributed by atoms with Crippen LogP contribution in [0.1, 0.15) is 133 Å². The van der Waals surface area contributed by atoms with Crippen LogP contribution in [0.5, 0.6) is 0 Å². The van der Waals surface area contributed by atoms with Crippen LogP contribution in [0, 0.1) is 6.92 Å². The molecule has 0 spiro atoms. The standard InChI is InChI=1S/C49H64N6O11S/c1-8-29-24(2)31-22-36-39(28(6)65-16-9-19-67-49-46(60)45(59)44(58)37(23-56)66-49)26(4)33(51-36)20-32-25(3)30(10-11-38(57)63-7)42(52-32)41-43-40(27(5)34(53-43)21-35(29)50-31)47(61)55(48(41)62)13-12-54-14-17-64-18-15-54/h20-22,25,28,30,37,44-46,49,52-53,56,58-60H,8-19,23H2,1-7H3/t25-,28?,30-,37+,44+,45-,46+,49-/m0/s1. The van der Waals surface area contributed by atoms with Crippen molar-refractivity contribution in [2.24, 2.45) is 0 Å². The van der Waals surface area contributed by atoms with Crippen molar-refractivity contribution in [3.63, 3.8) is 0 Å². The van der Waals surface area contributed by atoms with Gasteiger partial charge in [0.2, 0.25) is 0 Å². The monoisotopic (exact) mass is 944 g/mol.